The Labute approximate surface area is 179 Å². The molecule has 0 unspecified atom stereocenters. The number of sulfonamides is 1. The number of carbonyl (C=O) groups is 1. The van der Waals surface area contributed by atoms with Crippen LogP contribution in [-0.2, 0) is 28.9 Å². The molecule has 0 spiro atoms. The highest BCUT2D eigenvalue weighted by molar-refractivity contribution is 7.89. The lowest BCUT2D eigenvalue weighted by atomic mass is 10.2. The van der Waals surface area contributed by atoms with Gasteiger partial charge in [0.15, 0.2) is 0 Å². The van der Waals surface area contributed by atoms with Gasteiger partial charge in [-0.05, 0) is 37.3 Å². The molecular weight excluding hydrogens is 420 g/mol. The third-order valence-corrected chi connectivity index (χ3v) is 7.10. The molecule has 1 heterocycles. The summed E-state index contributed by atoms with van der Waals surface area (Å²) in [6, 6.07) is 11.3. The van der Waals surface area contributed by atoms with Crippen LogP contribution in [0.25, 0.3) is 10.9 Å². The van der Waals surface area contributed by atoms with Crippen LogP contribution in [0.4, 0.5) is 5.69 Å². The molecule has 3 rings (SSSR count). The molecule has 164 valence electrons. The SMILES string of the molecule is Cc1ccc(N(C)C(=O)CN(C)S(=O)(=O)c2ccc3c(c2)c(=O)n(C)c(=O)n3C)cc1. The summed E-state index contributed by atoms with van der Waals surface area (Å²) in [7, 11) is 1.67. The first kappa shape index (κ1) is 22.4. The topological polar surface area (TPSA) is 102 Å². The Morgan fingerprint density at radius 1 is 0.968 bits per heavy atom. The van der Waals surface area contributed by atoms with Crippen molar-refractivity contribution in [2.45, 2.75) is 11.8 Å². The number of benzene rings is 2. The van der Waals surface area contributed by atoms with E-state index in [-0.39, 0.29) is 16.8 Å². The van der Waals surface area contributed by atoms with E-state index in [4.69, 9.17) is 0 Å². The van der Waals surface area contributed by atoms with Crippen LogP contribution in [0.3, 0.4) is 0 Å². The van der Waals surface area contributed by atoms with E-state index < -0.39 is 27.2 Å². The van der Waals surface area contributed by atoms with E-state index >= 15 is 0 Å². The molecule has 0 fully saturated rings. The summed E-state index contributed by atoms with van der Waals surface area (Å²) in [5.74, 6) is -0.408. The van der Waals surface area contributed by atoms with Gasteiger partial charge in [-0.2, -0.15) is 4.31 Å². The molecule has 0 aliphatic rings. The third kappa shape index (κ3) is 4.04. The second-order valence-electron chi connectivity index (χ2n) is 7.43. The van der Waals surface area contributed by atoms with Gasteiger partial charge in [-0.1, -0.05) is 17.7 Å². The van der Waals surface area contributed by atoms with Crippen LogP contribution in [-0.4, -0.2) is 48.4 Å². The number of nitrogens with zero attached hydrogens (tertiary/aromatic N) is 4. The number of hydrogen-bond donors (Lipinski definition) is 0. The van der Waals surface area contributed by atoms with Crippen LogP contribution in [0.15, 0.2) is 56.9 Å². The highest BCUT2D eigenvalue weighted by Crippen LogP contribution is 2.19. The van der Waals surface area contributed by atoms with Crippen molar-refractivity contribution in [3.63, 3.8) is 0 Å². The zero-order chi connectivity index (χ0) is 23.1. The van der Waals surface area contributed by atoms with Gasteiger partial charge >= 0.3 is 5.69 Å². The minimum Gasteiger partial charge on any atom is -0.314 e. The van der Waals surface area contributed by atoms with Crippen LogP contribution in [0.2, 0.25) is 0 Å². The van der Waals surface area contributed by atoms with Crippen molar-refractivity contribution < 1.29 is 13.2 Å². The molecule has 1 aromatic heterocycles. The maximum Gasteiger partial charge on any atom is 0.330 e. The average Bonchev–Trinajstić information content (AvgIpc) is 2.75. The van der Waals surface area contributed by atoms with E-state index in [1.807, 2.05) is 19.1 Å². The molecule has 0 atom stereocenters. The van der Waals surface area contributed by atoms with Crippen molar-refractivity contribution in [3.8, 4) is 0 Å². The molecule has 0 aliphatic heterocycles. The molecule has 9 nitrogen and oxygen atoms in total. The first-order valence-corrected chi connectivity index (χ1v) is 10.9. The number of carbonyl (C=O) groups excluding carboxylic acids is 1. The lowest BCUT2D eigenvalue weighted by Crippen LogP contribution is -2.39. The summed E-state index contributed by atoms with van der Waals surface area (Å²) >= 11 is 0. The van der Waals surface area contributed by atoms with Crippen molar-refractivity contribution >= 4 is 32.5 Å². The number of anilines is 1. The lowest BCUT2D eigenvalue weighted by Gasteiger charge is -2.22. The van der Waals surface area contributed by atoms with Gasteiger partial charge in [0.05, 0.1) is 22.3 Å². The fourth-order valence-corrected chi connectivity index (χ4v) is 4.36. The number of rotatable bonds is 5. The van der Waals surface area contributed by atoms with E-state index in [0.29, 0.717) is 11.2 Å². The number of fused-ring (bicyclic) bond motifs is 1. The van der Waals surface area contributed by atoms with Crippen LogP contribution < -0.4 is 16.1 Å². The summed E-state index contributed by atoms with van der Waals surface area (Å²) in [5, 5.41) is 0.0992. The maximum absolute atomic E-state index is 13.0. The molecule has 0 aliphatic carbocycles. The maximum atomic E-state index is 13.0. The molecule has 2 aromatic carbocycles. The smallest absolute Gasteiger partial charge is 0.314 e. The molecule has 3 aromatic rings. The van der Waals surface area contributed by atoms with Gasteiger partial charge in [0.25, 0.3) is 5.56 Å². The first-order chi connectivity index (χ1) is 14.4. The summed E-state index contributed by atoms with van der Waals surface area (Å²) < 4.78 is 29.2. The molecule has 1 amide bonds. The van der Waals surface area contributed by atoms with E-state index in [9.17, 15) is 22.8 Å². The van der Waals surface area contributed by atoms with E-state index in [0.717, 1.165) is 14.4 Å². The van der Waals surface area contributed by atoms with Crippen LogP contribution in [0.1, 0.15) is 5.56 Å². The fourth-order valence-electron chi connectivity index (χ4n) is 3.21. The standard InChI is InChI=1S/C21H24N4O5S/c1-14-6-8-15(9-7-14)23(3)19(26)13-22(2)31(29,30)16-10-11-18-17(12-16)20(27)25(5)21(28)24(18)4/h6-12H,13H2,1-5H3. The molecule has 31 heavy (non-hydrogen) atoms. The number of aromatic nitrogens is 2. The van der Waals surface area contributed by atoms with Crippen molar-refractivity contribution in [2.75, 3.05) is 25.5 Å². The predicted molar refractivity (Wildman–Crippen MR) is 119 cm³/mol. The number of aryl methyl sites for hydroxylation is 2. The molecule has 0 N–H and O–H groups in total. The fraction of sp³-hybridized carbons (Fsp3) is 0.286. The van der Waals surface area contributed by atoms with Gasteiger partial charge < -0.3 is 4.90 Å². The Morgan fingerprint density at radius 2 is 1.58 bits per heavy atom. The molecule has 10 heteroatoms. The van der Waals surface area contributed by atoms with Crippen LogP contribution in [0, 0.1) is 6.92 Å². The van der Waals surface area contributed by atoms with Crippen molar-refractivity contribution in [2.24, 2.45) is 14.1 Å². The van der Waals surface area contributed by atoms with E-state index in [1.165, 1.54) is 48.8 Å². The molecule has 0 saturated carbocycles. The Morgan fingerprint density at radius 3 is 2.19 bits per heavy atom. The van der Waals surface area contributed by atoms with Gasteiger partial charge in [0, 0.05) is 33.9 Å². The minimum atomic E-state index is -4.05. The van der Waals surface area contributed by atoms with Gasteiger partial charge in [-0.25, -0.2) is 13.2 Å². The largest absolute Gasteiger partial charge is 0.330 e. The quantitative estimate of drug-likeness (QED) is 0.580. The van der Waals surface area contributed by atoms with Gasteiger partial charge in [0.1, 0.15) is 0 Å². The molecule has 0 saturated heterocycles. The zero-order valence-electron chi connectivity index (χ0n) is 18.0. The molecule has 0 bridgehead atoms. The van der Waals surface area contributed by atoms with Gasteiger partial charge in [0.2, 0.25) is 15.9 Å². The van der Waals surface area contributed by atoms with Crippen LogP contribution >= 0.6 is 0 Å². The van der Waals surface area contributed by atoms with E-state index in [1.54, 1.807) is 19.2 Å². The highest BCUT2D eigenvalue weighted by Gasteiger charge is 2.25. The van der Waals surface area contributed by atoms with Crippen molar-refractivity contribution in [1.29, 1.82) is 0 Å². The number of amides is 1. The summed E-state index contributed by atoms with van der Waals surface area (Å²) in [6.45, 7) is 1.55. The van der Waals surface area contributed by atoms with Gasteiger partial charge in [-0.15, -0.1) is 0 Å². The van der Waals surface area contributed by atoms with Crippen molar-refractivity contribution in [1.82, 2.24) is 13.4 Å². The van der Waals surface area contributed by atoms with E-state index in [2.05, 4.69) is 0 Å². The summed E-state index contributed by atoms with van der Waals surface area (Å²) in [4.78, 5) is 38.4. The Kier molecular flexibility index (Phi) is 5.88. The average molecular weight is 445 g/mol. The summed E-state index contributed by atoms with van der Waals surface area (Å²) in [6.07, 6.45) is 0. The summed E-state index contributed by atoms with van der Waals surface area (Å²) in [5.41, 5.74) is 0.925. The second-order valence-corrected chi connectivity index (χ2v) is 9.48. The number of hydrogen-bond acceptors (Lipinski definition) is 5. The Balaban J connectivity index is 1.92. The van der Waals surface area contributed by atoms with Crippen LogP contribution in [0.5, 0.6) is 0 Å². The van der Waals surface area contributed by atoms with Gasteiger partial charge in [-0.3, -0.25) is 18.7 Å². The monoisotopic (exact) mass is 444 g/mol. The predicted octanol–water partition coefficient (Wildman–Crippen LogP) is 0.829. The zero-order valence-corrected chi connectivity index (χ0v) is 18.8. The Bertz CT molecular complexity index is 1390. The molecule has 0 radical (unpaired) electrons. The minimum absolute atomic E-state index is 0.0992. The lowest BCUT2D eigenvalue weighted by molar-refractivity contribution is -0.118. The first-order valence-electron chi connectivity index (χ1n) is 9.44. The Hall–Kier alpha value is -3.24. The third-order valence-electron chi connectivity index (χ3n) is 5.30. The second kappa shape index (κ2) is 8.12. The normalized spacial score (nSPS) is 11.8. The van der Waals surface area contributed by atoms with Crippen molar-refractivity contribution in [3.05, 3.63) is 68.9 Å². The highest BCUT2D eigenvalue weighted by atomic mass is 32.2. The molecular formula is C21H24N4O5S. The number of likely N-dealkylation sites (N-methyl/N-ethyl adjacent to an activating group) is 2.